The van der Waals surface area contributed by atoms with Gasteiger partial charge in [-0.1, -0.05) is 6.07 Å². The Kier molecular flexibility index (Phi) is 2.60. The van der Waals surface area contributed by atoms with Crippen molar-refractivity contribution in [2.75, 3.05) is 31.1 Å². The van der Waals surface area contributed by atoms with Gasteiger partial charge in [-0.2, -0.15) is 0 Å². The van der Waals surface area contributed by atoms with Gasteiger partial charge >= 0.3 is 0 Å². The summed E-state index contributed by atoms with van der Waals surface area (Å²) < 4.78 is 16.1. The predicted molar refractivity (Wildman–Crippen MR) is 77.7 cm³/mol. The van der Waals surface area contributed by atoms with Gasteiger partial charge in [0.25, 0.3) is 0 Å². The summed E-state index contributed by atoms with van der Waals surface area (Å²) in [6.07, 6.45) is 1.96. The Bertz CT molecular complexity index is 774. The van der Waals surface area contributed by atoms with E-state index >= 15 is 0 Å². The maximum atomic E-state index is 14.1. The molecular weight excluding hydrogens is 255 g/mol. The van der Waals surface area contributed by atoms with E-state index in [1.165, 1.54) is 6.07 Å². The van der Waals surface area contributed by atoms with E-state index in [1.54, 1.807) is 6.07 Å². The lowest BCUT2D eigenvalue weighted by molar-refractivity contribution is 0.585. The van der Waals surface area contributed by atoms with E-state index in [0.29, 0.717) is 5.52 Å². The number of nitrogens with zero attached hydrogens (tertiary/aromatic N) is 3. The number of aromatic nitrogens is 2. The topological polar surface area (TPSA) is 32.6 Å². The molecule has 2 aromatic heterocycles. The molecule has 4 rings (SSSR count). The number of hydrogen-bond donors (Lipinski definition) is 1. The molecule has 0 bridgehead atoms. The highest BCUT2D eigenvalue weighted by molar-refractivity contribution is 5.85. The smallest absolute Gasteiger partial charge is 0.153 e. The Hall–Kier alpha value is -2.14. The molecule has 0 spiro atoms. The molecule has 0 saturated carbocycles. The van der Waals surface area contributed by atoms with Crippen LogP contribution < -0.4 is 10.2 Å². The third-order valence-corrected chi connectivity index (χ3v) is 3.84. The number of halogens is 1. The largest absolute Gasteiger partial charge is 0.352 e. The fraction of sp³-hybridized carbons (Fsp3) is 0.267. The average Bonchev–Trinajstić information content (AvgIpc) is 2.97. The Morgan fingerprint density at radius 1 is 1.05 bits per heavy atom. The van der Waals surface area contributed by atoms with Gasteiger partial charge in [0, 0.05) is 32.4 Å². The van der Waals surface area contributed by atoms with Crippen molar-refractivity contribution in [3.63, 3.8) is 0 Å². The monoisotopic (exact) mass is 270 g/mol. The first-order valence-corrected chi connectivity index (χ1v) is 6.85. The first kappa shape index (κ1) is 11.7. The maximum Gasteiger partial charge on any atom is 0.153 e. The van der Waals surface area contributed by atoms with E-state index < -0.39 is 0 Å². The van der Waals surface area contributed by atoms with Gasteiger partial charge in [0.15, 0.2) is 11.6 Å². The van der Waals surface area contributed by atoms with Crippen LogP contribution in [-0.2, 0) is 0 Å². The first-order chi connectivity index (χ1) is 9.84. The minimum atomic E-state index is -0.269. The number of rotatable bonds is 1. The van der Waals surface area contributed by atoms with Crippen molar-refractivity contribution in [3.8, 4) is 0 Å². The van der Waals surface area contributed by atoms with E-state index in [-0.39, 0.29) is 5.82 Å². The third kappa shape index (κ3) is 1.67. The van der Waals surface area contributed by atoms with Crippen LogP contribution in [0.5, 0.6) is 0 Å². The molecule has 5 heteroatoms. The molecular formula is C15H15FN4. The number of nitrogens with one attached hydrogen (secondary N) is 1. The van der Waals surface area contributed by atoms with E-state index in [4.69, 9.17) is 0 Å². The zero-order chi connectivity index (χ0) is 13.5. The van der Waals surface area contributed by atoms with Crippen molar-refractivity contribution in [2.24, 2.45) is 0 Å². The third-order valence-electron chi connectivity index (χ3n) is 3.84. The molecule has 1 aliphatic rings. The van der Waals surface area contributed by atoms with E-state index in [2.05, 4.69) is 15.2 Å². The summed E-state index contributed by atoms with van der Waals surface area (Å²) in [4.78, 5) is 6.82. The highest BCUT2D eigenvalue weighted by Crippen LogP contribution is 2.26. The highest BCUT2D eigenvalue weighted by atomic mass is 19.1. The SMILES string of the molecule is Fc1cccc2c1nc(N1CCNCC1)c1cccn12. The summed E-state index contributed by atoms with van der Waals surface area (Å²) in [5.41, 5.74) is 2.28. The van der Waals surface area contributed by atoms with E-state index in [9.17, 15) is 4.39 Å². The quantitative estimate of drug-likeness (QED) is 0.734. The molecule has 3 heterocycles. The summed E-state index contributed by atoms with van der Waals surface area (Å²) in [6, 6.07) is 9.11. The molecule has 1 saturated heterocycles. The number of benzene rings is 1. The number of anilines is 1. The van der Waals surface area contributed by atoms with Crippen LogP contribution >= 0.6 is 0 Å². The second-order valence-electron chi connectivity index (χ2n) is 5.04. The maximum absolute atomic E-state index is 14.1. The van der Waals surface area contributed by atoms with Gasteiger partial charge in [0.1, 0.15) is 5.52 Å². The van der Waals surface area contributed by atoms with Crippen LogP contribution in [-0.4, -0.2) is 35.6 Å². The molecule has 0 amide bonds. The minimum Gasteiger partial charge on any atom is -0.352 e. The van der Waals surface area contributed by atoms with Gasteiger partial charge in [-0.25, -0.2) is 9.37 Å². The molecule has 1 fully saturated rings. The molecule has 0 aliphatic carbocycles. The van der Waals surface area contributed by atoms with Gasteiger partial charge in [-0.05, 0) is 24.3 Å². The summed E-state index contributed by atoms with van der Waals surface area (Å²) in [5, 5.41) is 3.32. The van der Waals surface area contributed by atoms with E-state index in [1.807, 2.05) is 28.8 Å². The van der Waals surface area contributed by atoms with Crippen LogP contribution in [0.2, 0.25) is 0 Å². The minimum absolute atomic E-state index is 0.269. The van der Waals surface area contributed by atoms with Gasteiger partial charge in [0.2, 0.25) is 0 Å². The zero-order valence-corrected chi connectivity index (χ0v) is 11.0. The van der Waals surface area contributed by atoms with Crippen molar-refractivity contribution >= 4 is 22.4 Å². The van der Waals surface area contributed by atoms with Crippen molar-refractivity contribution in [3.05, 3.63) is 42.3 Å². The molecule has 20 heavy (non-hydrogen) atoms. The van der Waals surface area contributed by atoms with Gasteiger partial charge in [0.05, 0.1) is 11.0 Å². The van der Waals surface area contributed by atoms with Crippen molar-refractivity contribution in [2.45, 2.75) is 0 Å². The fourth-order valence-corrected chi connectivity index (χ4v) is 2.85. The standard InChI is InChI=1S/C15H15FN4/c16-11-3-1-4-12-14(11)18-15(13-5-2-8-20(12)13)19-9-6-17-7-10-19/h1-5,8,17H,6-7,9-10H2. The average molecular weight is 270 g/mol. The van der Waals surface area contributed by atoms with Crippen molar-refractivity contribution in [1.82, 2.24) is 14.7 Å². The van der Waals surface area contributed by atoms with Crippen LogP contribution in [0, 0.1) is 5.82 Å². The van der Waals surface area contributed by atoms with Gasteiger partial charge < -0.3 is 14.6 Å². The Balaban J connectivity index is 2.02. The Morgan fingerprint density at radius 2 is 1.85 bits per heavy atom. The normalized spacial score (nSPS) is 16.1. The van der Waals surface area contributed by atoms with Crippen LogP contribution in [0.25, 0.3) is 16.6 Å². The number of fused-ring (bicyclic) bond motifs is 3. The molecule has 4 nitrogen and oxygen atoms in total. The Labute approximate surface area is 115 Å². The lowest BCUT2D eigenvalue weighted by Crippen LogP contribution is -2.44. The van der Waals surface area contributed by atoms with Crippen LogP contribution in [0.15, 0.2) is 36.5 Å². The molecule has 1 aromatic carbocycles. The van der Waals surface area contributed by atoms with Gasteiger partial charge in [-0.3, -0.25) is 0 Å². The number of piperazine rings is 1. The molecule has 0 atom stereocenters. The lowest BCUT2D eigenvalue weighted by atomic mass is 10.2. The van der Waals surface area contributed by atoms with Gasteiger partial charge in [-0.15, -0.1) is 0 Å². The Morgan fingerprint density at radius 3 is 2.70 bits per heavy atom. The number of hydrogen-bond acceptors (Lipinski definition) is 3. The number of para-hydroxylation sites is 1. The molecule has 0 radical (unpaired) electrons. The molecule has 0 unspecified atom stereocenters. The summed E-state index contributed by atoms with van der Waals surface area (Å²) in [7, 11) is 0. The molecule has 1 aliphatic heterocycles. The molecule has 3 aromatic rings. The predicted octanol–water partition coefficient (Wildman–Crippen LogP) is 2.04. The summed E-state index contributed by atoms with van der Waals surface area (Å²) >= 11 is 0. The highest BCUT2D eigenvalue weighted by Gasteiger charge is 2.17. The van der Waals surface area contributed by atoms with Crippen LogP contribution in [0.1, 0.15) is 0 Å². The lowest BCUT2D eigenvalue weighted by Gasteiger charge is -2.29. The first-order valence-electron chi connectivity index (χ1n) is 6.85. The second-order valence-corrected chi connectivity index (χ2v) is 5.04. The van der Waals surface area contributed by atoms with Crippen molar-refractivity contribution in [1.29, 1.82) is 0 Å². The van der Waals surface area contributed by atoms with Crippen LogP contribution in [0.3, 0.4) is 0 Å². The van der Waals surface area contributed by atoms with Crippen LogP contribution in [0.4, 0.5) is 10.2 Å². The van der Waals surface area contributed by atoms with E-state index in [0.717, 1.165) is 43.0 Å². The van der Waals surface area contributed by atoms with Crippen molar-refractivity contribution < 1.29 is 4.39 Å². The summed E-state index contributed by atoms with van der Waals surface area (Å²) in [6.45, 7) is 3.66. The molecule has 102 valence electrons. The fourth-order valence-electron chi connectivity index (χ4n) is 2.85. The second kappa shape index (κ2) is 4.45. The zero-order valence-electron chi connectivity index (χ0n) is 11.0. The summed E-state index contributed by atoms with van der Waals surface area (Å²) in [5.74, 6) is 0.601. The molecule has 1 N–H and O–H groups in total.